The monoisotopic (exact) mass is 449 g/mol. The first-order valence-electron chi connectivity index (χ1n) is 9.05. The molecule has 1 unspecified atom stereocenters. The Morgan fingerprint density at radius 3 is 2.50 bits per heavy atom. The number of likely N-dealkylation sites (tertiary alicyclic amines) is 1. The molecule has 2 aliphatic rings. The van der Waals surface area contributed by atoms with Crippen LogP contribution in [0.5, 0.6) is 0 Å². The van der Waals surface area contributed by atoms with Crippen LogP contribution in [0.3, 0.4) is 0 Å². The van der Waals surface area contributed by atoms with Gasteiger partial charge in [-0.05, 0) is 51.3 Å². The first-order valence-corrected chi connectivity index (χ1v) is 11.6. The van der Waals surface area contributed by atoms with Crippen molar-refractivity contribution in [3.05, 3.63) is 33.8 Å². The maximum Gasteiger partial charge on any atom is 0.410 e. The molecule has 1 saturated carbocycles. The van der Waals surface area contributed by atoms with Gasteiger partial charge in [0.15, 0.2) is 0 Å². The average molecular weight is 450 g/mol. The number of carbonyl (C=O) groups excluding carboxylic acids is 1. The lowest BCUT2D eigenvalue weighted by molar-refractivity contribution is 0.0104. The molecule has 156 valence electrons. The van der Waals surface area contributed by atoms with E-state index >= 15 is 0 Å². The fourth-order valence-electron chi connectivity index (χ4n) is 4.15. The normalized spacial score (nSPS) is 27.3. The van der Waals surface area contributed by atoms with E-state index in [4.69, 9.17) is 32.1 Å². The van der Waals surface area contributed by atoms with Crippen molar-refractivity contribution in [1.82, 2.24) is 4.90 Å². The third kappa shape index (κ3) is 4.27. The van der Waals surface area contributed by atoms with Gasteiger partial charge >= 0.3 is 6.09 Å². The molecule has 6 nitrogen and oxygen atoms in total. The second-order valence-corrected chi connectivity index (χ2v) is 11.2. The molecule has 3 rings (SSSR count). The van der Waals surface area contributed by atoms with Gasteiger partial charge in [-0.3, -0.25) is 4.18 Å². The van der Waals surface area contributed by atoms with Crippen molar-refractivity contribution in [2.75, 3.05) is 26.0 Å². The number of benzene rings is 1. The lowest BCUT2D eigenvalue weighted by Crippen LogP contribution is -2.48. The molecular formula is C19H25Cl2NO5S. The number of piperidine rings is 1. The molecule has 1 heterocycles. The molecular weight excluding hydrogens is 425 g/mol. The van der Waals surface area contributed by atoms with E-state index in [-0.39, 0.29) is 12.0 Å². The topological polar surface area (TPSA) is 72.9 Å². The maximum absolute atomic E-state index is 12.6. The minimum Gasteiger partial charge on any atom is -0.444 e. The SMILES string of the molecule is CC(C)(C)OC(=O)N1CC[C@]2(c3ccc(Cl)c(Cl)c3)CC2(COS(C)(=O)=O)C1. The molecule has 0 spiro atoms. The zero-order valence-electron chi connectivity index (χ0n) is 16.4. The van der Waals surface area contributed by atoms with Gasteiger partial charge in [0.25, 0.3) is 10.1 Å². The van der Waals surface area contributed by atoms with Gasteiger partial charge in [0.2, 0.25) is 0 Å². The minimum atomic E-state index is -3.61. The average Bonchev–Trinajstić information content (AvgIpc) is 3.23. The van der Waals surface area contributed by atoms with E-state index in [2.05, 4.69) is 0 Å². The molecule has 2 fully saturated rings. The van der Waals surface area contributed by atoms with Crippen LogP contribution >= 0.6 is 23.2 Å². The van der Waals surface area contributed by atoms with Crippen LogP contribution in [0.4, 0.5) is 4.79 Å². The second kappa shape index (κ2) is 7.04. The number of rotatable bonds is 4. The first-order chi connectivity index (χ1) is 12.8. The number of nitrogens with zero attached hydrogens (tertiary/aromatic N) is 1. The van der Waals surface area contributed by atoms with Crippen LogP contribution in [0, 0.1) is 5.41 Å². The number of hydrogen-bond acceptors (Lipinski definition) is 5. The summed E-state index contributed by atoms with van der Waals surface area (Å²) in [6.07, 6.45) is 1.99. The molecule has 2 atom stereocenters. The van der Waals surface area contributed by atoms with Gasteiger partial charge in [-0.15, -0.1) is 0 Å². The molecule has 9 heteroatoms. The summed E-state index contributed by atoms with van der Waals surface area (Å²) in [6, 6.07) is 5.49. The standard InChI is InChI=1S/C19H25Cl2NO5S/c1-17(2,3)27-16(23)22-8-7-19(13-5-6-14(20)15(21)9-13)10-18(19,11-22)12-26-28(4,24)25/h5-6,9H,7-8,10-12H2,1-4H3/t18?,19-/m1/s1. The van der Waals surface area contributed by atoms with Crippen molar-refractivity contribution in [3.8, 4) is 0 Å². The van der Waals surface area contributed by atoms with Crippen LogP contribution in [-0.4, -0.2) is 51.0 Å². The van der Waals surface area contributed by atoms with E-state index in [0.717, 1.165) is 11.8 Å². The summed E-state index contributed by atoms with van der Waals surface area (Å²) in [7, 11) is -3.61. The van der Waals surface area contributed by atoms with E-state index in [1.165, 1.54) is 0 Å². The van der Waals surface area contributed by atoms with Crippen molar-refractivity contribution < 1.29 is 22.1 Å². The molecule has 0 radical (unpaired) electrons. The summed E-state index contributed by atoms with van der Waals surface area (Å²) in [5.74, 6) is 0. The number of fused-ring (bicyclic) bond motifs is 1. The Hall–Kier alpha value is -1.02. The second-order valence-electron chi connectivity index (χ2n) is 8.79. The van der Waals surface area contributed by atoms with Gasteiger partial charge in [-0.1, -0.05) is 29.3 Å². The highest BCUT2D eigenvalue weighted by Gasteiger charge is 2.70. The Morgan fingerprint density at radius 1 is 1.25 bits per heavy atom. The quantitative estimate of drug-likeness (QED) is 0.642. The Balaban J connectivity index is 1.89. The van der Waals surface area contributed by atoms with E-state index in [9.17, 15) is 13.2 Å². The predicted octanol–water partition coefficient (Wildman–Crippen LogP) is 4.24. The summed E-state index contributed by atoms with van der Waals surface area (Å²) in [4.78, 5) is 14.2. The number of hydrogen-bond donors (Lipinski definition) is 0. The summed E-state index contributed by atoms with van der Waals surface area (Å²) in [5, 5.41) is 0.916. The van der Waals surface area contributed by atoms with Gasteiger partial charge in [-0.2, -0.15) is 8.42 Å². The summed E-state index contributed by atoms with van der Waals surface area (Å²) in [5.41, 5.74) is -0.426. The lowest BCUT2D eigenvalue weighted by Gasteiger charge is -2.38. The third-order valence-electron chi connectivity index (χ3n) is 5.51. The first kappa shape index (κ1) is 21.7. The van der Waals surface area contributed by atoms with Crippen LogP contribution in [0.15, 0.2) is 18.2 Å². The van der Waals surface area contributed by atoms with E-state index in [0.29, 0.717) is 36.0 Å². The summed E-state index contributed by atoms with van der Waals surface area (Å²) < 4.78 is 33.9. The largest absolute Gasteiger partial charge is 0.444 e. The van der Waals surface area contributed by atoms with Gasteiger partial charge in [-0.25, -0.2) is 4.79 Å². The zero-order chi connectivity index (χ0) is 21.0. The van der Waals surface area contributed by atoms with Crippen molar-refractivity contribution in [2.45, 2.75) is 44.6 Å². The molecule has 1 saturated heterocycles. The van der Waals surface area contributed by atoms with Gasteiger partial charge in [0.05, 0.1) is 22.9 Å². The van der Waals surface area contributed by atoms with Gasteiger partial charge in [0, 0.05) is 23.9 Å². The van der Waals surface area contributed by atoms with Crippen molar-refractivity contribution in [3.63, 3.8) is 0 Å². The Labute approximate surface area is 176 Å². The summed E-state index contributed by atoms with van der Waals surface area (Å²) in [6.45, 7) is 6.32. The lowest BCUT2D eigenvalue weighted by atomic mass is 9.80. The predicted molar refractivity (Wildman–Crippen MR) is 108 cm³/mol. The van der Waals surface area contributed by atoms with Crippen LogP contribution in [0.1, 0.15) is 39.2 Å². The van der Waals surface area contributed by atoms with Crippen LogP contribution < -0.4 is 0 Å². The van der Waals surface area contributed by atoms with E-state index in [1.54, 1.807) is 11.0 Å². The number of carbonyl (C=O) groups is 1. The third-order valence-corrected chi connectivity index (χ3v) is 6.79. The fourth-order valence-corrected chi connectivity index (χ4v) is 4.89. The molecule has 0 N–H and O–H groups in total. The smallest absolute Gasteiger partial charge is 0.410 e. The van der Waals surface area contributed by atoms with Crippen LogP contribution in [-0.2, 0) is 24.5 Å². The molecule has 1 aliphatic carbocycles. The molecule has 1 aromatic carbocycles. The summed E-state index contributed by atoms with van der Waals surface area (Å²) >= 11 is 12.3. The van der Waals surface area contributed by atoms with E-state index in [1.807, 2.05) is 32.9 Å². The molecule has 28 heavy (non-hydrogen) atoms. The van der Waals surface area contributed by atoms with Crippen LogP contribution in [0.2, 0.25) is 10.0 Å². The number of halogens is 2. The zero-order valence-corrected chi connectivity index (χ0v) is 18.7. The highest BCUT2D eigenvalue weighted by molar-refractivity contribution is 7.85. The number of ether oxygens (including phenoxy) is 1. The highest BCUT2D eigenvalue weighted by atomic mass is 35.5. The Morgan fingerprint density at radius 2 is 1.93 bits per heavy atom. The fraction of sp³-hybridized carbons (Fsp3) is 0.632. The Bertz CT molecular complexity index is 898. The van der Waals surface area contributed by atoms with Crippen molar-refractivity contribution >= 4 is 39.4 Å². The molecule has 0 aromatic heterocycles. The Kier molecular flexibility index (Phi) is 5.45. The van der Waals surface area contributed by atoms with Gasteiger partial charge in [0.1, 0.15) is 5.60 Å². The molecule has 1 amide bonds. The van der Waals surface area contributed by atoms with E-state index < -0.39 is 27.2 Å². The molecule has 1 aromatic rings. The maximum atomic E-state index is 12.6. The minimum absolute atomic E-state index is 0.00533. The molecule has 1 aliphatic heterocycles. The van der Waals surface area contributed by atoms with Gasteiger partial charge < -0.3 is 9.64 Å². The molecule has 0 bridgehead atoms. The number of amides is 1. The van der Waals surface area contributed by atoms with Crippen molar-refractivity contribution in [1.29, 1.82) is 0 Å². The van der Waals surface area contributed by atoms with Crippen LogP contribution in [0.25, 0.3) is 0 Å². The highest BCUT2D eigenvalue weighted by Crippen LogP contribution is 2.69. The van der Waals surface area contributed by atoms with Crippen molar-refractivity contribution in [2.24, 2.45) is 5.41 Å².